The lowest BCUT2D eigenvalue weighted by Gasteiger charge is -2.11. The van der Waals surface area contributed by atoms with Crippen molar-refractivity contribution >= 4 is 5.91 Å². The molecule has 3 aromatic rings. The van der Waals surface area contributed by atoms with Crippen molar-refractivity contribution in [1.82, 2.24) is 19.7 Å². The zero-order valence-electron chi connectivity index (χ0n) is 14.5. The Labute approximate surface area is 145 Å². The highest BCUT2D eigenvalue weighted by Gasteiger charge is 2.15. The largest absolute Gasteiger partial charge is 0.350 e. The second-order valence-electron chi connectivity index (χ2n) is 5.95. The van der Waals surface area contributed by atoms with Crippen molar-refractivity contribution in [3.8, 4) is 5.69 Å². The van der Waals surface area contributed by atoms with Crippen LogP contribution in [-0.2, 0) is 13.6 Å². The van der Waals surface area contributed by atoms with Crippen molar-refractivity contribution in [3.05, 3.63) is 81.5 Å². The van der Waals surface area contributed by atoms with Crippen molar-refractivity contribution in [3.63, 3.8) is 0 Å². The number of hydrogen-bond donors (Lipinski definition) is 1. The smallest absolute Gasteiger partial charge is 0.276 e. The summed E-state index contributed by atoms with van der Waals surface area (Å²) in [7, 11) is 1.93. The Hall–Kier alpha value is -3.15. The molecule has 0 aliphatic rings. The van der Waals surface area contributed by atoms with Gasteiger partial charge < -0.3 is 9.88 Å². The topological polar surface area (TPSA) is 68.9 Å². The normalized spacial score (nSPS) is 10.7. The summed E-state index contributed by atoms with van der Waals surface area (Å²) in [5, 5.41) is 7.04. The third kappa shape index (κ3) is 3.38. The first-order chi connectivity index (χ1) is 12.0. The fourth-order valence-corrected chi connectivity index (χ4v) is 2.63. The van der Waals surface area contributed by atoms with Crippen LogP contribution in [0.4, 0.5) is 0 Å². The number of para-hydroxylation sites is 1. The third-order valence-electron chi connectivity index (χ3n) is 4.23. The number of aryl methyl sites for hydroxylation is 2. The van der Waals surface area contributed by atoms with E-state index in [1.54, 1.807) is 11.6 Å². The maximum atomic E-state index is 12.5. The Morgan fingerprint density at radius 2 is 1.80 bits per heavy atom. The SMILES string of the molecule is Cc1cc(=O)c(C(=O)NCc2ccc(C)n2C)nn1-c1ccccc1. The van der Waals surface area contributed by atoms with Crippen LogP contribution in [-0.4, -0.2) is 20.3 Å². The summed E-state index contributed by atoms with van der Waals surface area (Å²) in [5.41, 5.74) is 3.04. The van der Waals surface area contributed by atoms with E-state index in [1.807, 2.05) is 61.0 Å². The van der Waals surface area contributed by atoms with E-state index in [1.165, 1.54) is 6.07 Å². The van der Waals surface area contributed by atoms with Crippen molar-refractivity contribution in [2.75, 3.05) is 0 Å². The molecule has 0 spiro atoms. The van der Waals surface area contributed by atoms with Gasteiger partial charge in [0.25, 0.3) is 5.91 Å². The second kappa shape index (κ2) is 6.76. The minimum Gasteiger partial charge on any atom is -0.350 e. The van der Waals surface area contributed by atoms with Gasteiger partial charge >= 0.3 is 0 Å². The van der Waals surface area contributed by atoms with Gasteiger partial charge in [-0.3, -0.25) is 9.59 Å². The van der Waals surface area contributed by atoms with E-state index < -0.39 is 5.91 Å². The second-order valence-corrected chi connectivity index (χ2v) is 5.95. The minimum atomic E-state index is -0.478. The average molecular weight is 336 g/mol. The van der Waals surface area contributed by atoms with Gasteiger partial charge in [-0.2, -0.15) is 5.10 Å². The summed E-state index contributed by atoms with van der Waals surface area (Å²) in [6, 6.07) is 14.8. The van der Waals surface area contributed by atoms with Crippen LogP contribution in [0.1, 0.15) is 27.6 Å². The molecule has 128 valence electrons. The number of carbonyl (C=O) groups excluding carboxylic acids is 1. The maximum absolute atomic E-state index is 12.5. The molecule has 0 saturated heterocycles. The molecular weight excluding hydrogens is 316 g/mol. The number of nitrogens with one attached hydrogen (secondary N) is 1. The lowest BCUT2D eigenvalue weighted by molar-refractivity contribution is 0.0942. The highest BCUT2D eigenvalue weighted by atomic mass is 16.2. The van der Waals surface area contributed by atoms with Crippen LogP contribution in [0.15, 0.2) is 53.3 Å². The predicted octanol–water partition coefficient (Wildman–Crippen LogP) is 2.12. The molecule has 0 radical (unpaired) electrons. The van der Waals surface area contributed by atoms with Gasteiger partial charge in [0.15, 0.2) is 5.69 Å². The molecule has 2 heterocycles. The zero-order valence-corrected chi connectivity index (χ0v) is 14.5. The Morgan fingerprint density at radius 3 is 2.44 bits per heavy atom. The summed E-state index contributed by atoms with van der Waals surface area (Å²) in [6.07, 6.45) is 0. The Morgan fingerprint density at radius 1 is 1.08 bits per heavy atom. The van der Waals surface area contributed by atoms with E-state index in [-0.39, 0.29) is 11.1 Å². The molecule has 0 fully saturated rings. The summed E-state index contributed by atoms with van der Waals surface area (Å²) < 4.78 is 3.59. The minimum absolute atomic E-state index is 0.111. The molecule has 2 aromatic heterocycles. The predicted molar refractivity (Wildman–Crippen MR) is 95.9 cm³/mol. The van der Waals surface area contributed by atoms with Gasteiger partial charge in [-0.05, 0) is 38.1 Å². The number of benzene rings is 1. The van der Waals surface area contributed by atoms with Crippen LogP contribution >= 0.6 is 0 Å². The average Bonchev–Trinajstić information content (AvgIpc) is 2.92. The quantitative estimate of drug-likeness (QED) is 0.793. The first-order valence-corrected chi connectivity index (χ1v) is 8.03. The molecule has 1 amide bonds. The van der Waals surface area contributed by atoms with Gasteiger partial charge in [0.1, 0.15) is 0 Å². The zero-order chi connectivity index (χ0) is 18.0. The lowest BCUT2D eigenvalue weighted by atomic mass is 10.2. The van der Waals surface area contributed by atoms with Crippen LogP contribution in [0.3, 0.4) is 0 Å². The molecule has 0 atom stereocenters. The monoisotopic (exact) mass is 336 g/mol. The van der Waals surface area contributed by atoms with Crippen molar-refractivity contribution in [1.29, 1.82) is 0 Å². The van der Waals surface area contributed by atoms with Crippen LogP contribution in [0.25, 0.3) is 5.69 Å². The maximum Gasteiger partial charge on any atom is 0.276 e. The van der Waals surface area contributed by atoms with E-state index in [0.717, 1.165) is 17.1 Å². The number of aromatic nitrogens is 3. The van der Waals surface area contributed by atoms with Gasteiger partial charge in [-0.1, -0.05) is 18.2 Å². The van der Waals surface area contributed by atoms with Crippen molar-refractivity contribution < 1.29 is 4.79 Å². The summed E-state index contributed by atoms with van der Waals surface area (Å²) in [5.74, 6) is -0.478. The first-order valence-electron chi connectivity index (χ1n) is 8.03. The van der Waals surface area contributed by atoms with Gasteiger partial charge in [-0.25, -0.2) is 4.68 Å². The Kier molecular flexibility index (Phi) is 4.52. The van der Waals surface area contributed by atoms with Gasteiger partial charge in [0.05, 0.1) is 12.2 Å². The van der Waals surface area contributed by atoms with E-state index in [4.69, 9.17) is 0 Å². The van der Waals surface area contributed by atoms with Crippen molar-refractivity contribution in [2.24, 2.45) is 7.05 Å². The van der Waals surface area contributed by atoms with Crippen molar-refractivity contribution in [2.45, 2.75) is 20.4 Å². The van der Waals surface area contributed by atoms with Gasteiger partial charge in [0, 0.05) is 30.2 Å². The number of hydrogen-bond acceptors (Lipinski definition) is 3. The molecule has 0 aliphatic carbocycles. The molecule has 6 nitrogen and oxygen atoms in total. The fraction of sp³-hybridized carbons (Fsp3) is 0.211. The molecule has 0 bridgehead atoms. The van der Waals surface area contributed by atoms with Gasteiger partial charge in [0.2, 0.25) is 5.43 Å². The van der Waals surface area contributed by atoms with E-state index in [0.29, 0.717) is 12.2 Å². The number of carbonyl (C=O) groups is 1. The number of amides is 1. The molecule has 1 N–H and O–H groups in total. The van der Waals surface area contributed by atoms with Crippen LogP contribution in [0, 0.1) is 13.8 Å². The molecule has 0 aliphatic heterocycles. The number of rotatable bonds is 4. The number of nitrogens with zero attached hydrogens (tertiary/aromatic N) is 3. The summed E-state index contributed by atoms with van der Waals surface area (Å²) in [6.45, 7) is 4.12. The molecule has 25 heavy (non-hydrogen) atoms. The van der Waals surface area contributed by atoms with Crippen LogP contribution in [0.2, 0.25) is 0 Å². The van der Waals surface area contributed by atoms with E-state index in [2.05, 4.69) is 10.4 Å². The van der Waals surface area contributed by atoms with E-state index >= 15 is 0 Å². The fourth-order valence-electron chi connectivity index (χ4n) is 2.63. The highest BCUT2D eigenvalue weighted by molar-refractivity contribution is 5.91. The Bertz CT molecular complexity index is 971. The molecular formula is C19H20N4O2. The lowest BCUT2D eigenvalue weighted by Crippen LogP contribution is -2.32. The molecule has 1 aromatic carbocycles. The Balaban J connectivity index is 1.87. The standard InChI is InChI=1S/C19H20N4O2/c1-13-9-10-16(22(13)3)12-20-19(25)18-17(24)11-14(2)23(21-18)15-7-5-4-6-8-15/h4-11H,12H2,1-3H3,(H,20,25). The first kappa shape index (κ1) is 16.7. The van der Waals surface area contributed by atoms with Gasteiger partial charge in [-0.15, -0.1) is 0 Å². The molecule has 6 heteroatoms. The van der Waals surface area contributed by atoms with Crippen LogP contribution < -0.4 is 10.7 Å². The van der Waals surface area contributed by atoms with Crippen LogP contribution in [0.5, 0.6) is 0 Å². The summed E-state index contributed by atoms with van der Waals surface area (Å²) >= 11 is 0. The molecule has 3 rings (SSSR count). The molecule has 0 saturated carbocycles. The van der Waals surface area contributed by atoms with E-state index in [9.17, 15) is 9.59 Å². The third-order valence-corrected chi connectivity index (χ3v) is 4.23. The molecule has 0 unspecified atom stereocenters. The highest BCUT2D eigenvalue weighted by Crippen LogP contribution is 2.08. The summed E-state index contributed by atoms with van der Waals surface area (Å²) in [4.78, 5) is 24.7.